The summed E-state index contributed by atoms with van der Waals surface area (Å²) in [6.45, 7) is 1.58. The number of aromatic hydroxyl groups is 1. The van der Waals surface area contributed by atoms with Gasteiger partial charge in [-0.25, -0.2) is 0 Å². The molecular weight excluding hydrogens is 216 g/mol. The number of hydrogen-bond donors (Lipinski definition) is 1. The highest BCUT2D eigenvalue weighted by Gasteiger charge is 2.11. The number of hydrogen-bond acceptors (Lipinski definition) is 3. The van der Waals surface area contributed by atoms with Crippen LogP contribution in [-0.2, 0) is 19.4 Å². The molecule has 0 unspecified atom stereocenters. The molecule has 0 spiro atoms. The van der Waals surface area contributed by atoms with Crippen molar-refractivity contribution in [1.29, 1.82) is 0 Å². The second kappa shape index (κ2) is 4.13. The molecule has 0 aliphatic carbocycles. The van der Waals surface area contributed by atoms with Gasteiger partial charge >= 0.3 is 0 Å². The average molecular weight is 230 g/mol. The molecule has 1 aliphatic rings. The topological polar surface area (TPSA) is 47.3 Å². The van der Waals surface area contributed by atoms with Gasteiger partial charge in [-0.05, 0) is 23.6 Å². The molecule has 2 heterocycles. The van der Waals surface area contributed by atoms with Crippen LogP contribution in [0.15, 0.2) is 30.6 Å². The van der Waals surface area contributed by atoms with Gasteiger partial charge in [-0.3, -0.25) is 4.68 Å². The first-order chi connectivity index (χ1) is 8.31. The molecule has 0 bridgehead atoms. The van der Waals surface area contributed by atoms with Crippen LogP contribution in [0, 0.1) is 0 Å². The molecule has 0 saturated carbocycles. The van der Waals surface area contributed by atoms with Crippen molar-refractivity contribution in [1.82, 2.24) is 9.78 Å². The highest BCUT2D eigenvalue weighted by Crippen LogP contribution is 2.26. The maximum atomic E-state index is 9.18. The maximum absolute atomic E-state index is 9.18. The van der Waals surface area contributed by atoms with Gasteiger partial charge in [0, 0.05) is 13.0 Å². The molecule has 1 N–H and O–H groups in total. The Balaban J connectivity index is 1.69. The third-order valence-electron chi connectivity index (χ3n) is 3.00. The number of benzene rings is 1. The van der Waals surface area contributed by atoms with Gasteiger partial charge in [0.25, 0.3) is 0 Å². The lowest BCUT2D eigenvalue weighted by Gasteiger charge is -2.04. The van der Waals surface area contributed by atoms with Crippen LogP contribution < -0.4 is 4.74 Å². The SMILES string of the molecule is Oc1cnn(CCc2ccc3c(c2)CCO3)c1. The van der Waals surface area contributed by atoms with Gasteiger partial charge < -0.3 is 9.84 Å². The zero-order valence-electron chi connectivity index (χ0n) is 9.47. The number of aromatic nitrogens is 2. The summed E-state index contributed by atoms with van der Waals surface area (Å²) in [4.78, 5) is 0. The first-order valence-electron chi connectivity index (χ1n) is 5.77. The third kappa shape index (κ3) is 2.11. The molecule has 4 heteroatoms. The molecule has 0 radical (unpaired) electrons. The summed E-state index contributed by atoms with van der Waals surface area (Å²) < 4.78 is 7.22. The molecular formula is C13H14N2O2. The van der Waals surface area contributed by atoms with Crippen molar-refractivity contribution in [2.75, 3.05) is 6.61 Å². The van der Waals surface area contributed by atoms with E-state index < -0.39 is 0 Å². The number of ether oxygens (including phenoxy) is 1. The van der Waals surface area contributed by atoms with E-state index in [1.807, 2.05) is 6.07 Å². The minimum atomic E-state index is 0.215. The standard InChI is InChI=1S/C13H14N2O2/c16-12-8-14-15(9-12)5-3-10-1-2-13-11(7-10)4-6-17-13/h1-2,7-9,16H,3-6H2. The lowest BCUT2D eigenvalue weighted by Crippen LogP contribution is -2.01. The van der Waals surface area contributed by atoms with Crippen LogP contribution in [-0.4, -0.2) is 21.5 Å². The summed E-state index contributed by atoms with van der Waals surface area (Å²) in [5.74, 6) is 1.23. The van der Waals surface area contributed by atoms with Crippen LogP contribution >= 0.6 is 0 Å². The van der Waals surface area contributed by atoms with Gasteiger partial charge in [-0.2, -0.15) is 5.10 Å². The number of aryl methyl sites for hydroxylation is 2. The summed E-state index contributed by atoms with van der Waals surface area (Å²) in [6, 6.07) is 6.33. The molecule has 17 heavy (non-hydrogen) atoms. The van der Waals surface area contributed by atoms with Crippen molar-refractivity contribution in [3.63, 3.8) is 0 Å². The molecule has 88 valence electrons. The van der Waals surface area contributed by atoms with Crippen LogP contribution in [0.1, 0.15) is 11.1 Å². The lowest BCUT2D eigenvalue weighted by molar-refractivity contribution is 0.357. The van der Waals surface area contributed by atoms with Crippen LogP contribution in [0.5, 0.6) is 11.5 Å². The van der Waals surface area contributed by atoms with E-state index >= 15 is 0 Å². The number of nitrogens with zero attached hydrogens (tertiary/aromatic N) is 2. The molecule has 1 aromatic carbocycles. The van der Waals surface area contributed by atoms with E-state index in [4.69, 9.17) is 4.74 Å². The second-order valence-electron chi connectivity index (χ2n) is 4.25. The highest BCUT2D eigenvalue weighted by atomic mass is 16.5. The first kappa shape index (κ1) is 10.2. The number of rotatable bonds is 3. The molecule has 0 saturated heterocycles. The van der Waals surface area contributed by atoms with Gasteiger partial charge in [-0.15, -0.1) is 0 Å². The molecule has 1 aliphatic heterocycles. The van der Waals surface area contributed by atoms with Crippen LogP contribution in [0.3, 0.4) is 0 Å². The van der Waals surface area contributed by atoms with Crippen LogP contribution in [0.4, 0.5) is 0 Å². The van der Waals surface area contributed by atoms with E-state index in [0.717, 1.165) is 31.7 Å². The zero-order chi connectivity index (χ0) is 11.7. The van der Waals surface area contributed by atoms with Crippen molar-refractivity contribution in [2.45, 2.75) is 19.4 Å². The van der Waals surface area contributed by atoms with Gasteiger partial charge in [0.15, 0.2) is 5.75 Å². The molecule has 4 nitrogen and oxygen atoms in total. The van der Waals surface area contributed by atoms with Gasteiger partial charge in [0.05, 0.1) is 19.0 Å². The Morgan fingerprint density at radius 2 is 2.35 bits per heavy atom. The second-order valence-corrected chi connectivity index (χ2v) is 4.25. The van der Waals surface area contributed by atoms with E-state index in [1.54, 1.807) is 10.9 Å². The molecule has 2 aromatic rings. The van der Waals surface area contributed by atoms with Crippen molar-refractivity contribution < 1.29 is 9.84 Å². The van der Waals surface area contributed by atoms with Crippen molar-refractivity contribution in [3.05, 3.63) is 41.7 Å². The Labute approximate surface area is 99.5 Å². The Hall–Kier alpha value is -1.97. The average Bonchev–Trinajstić information content (AvgIpc) is 2.94. The molecule has 0 atom stereocenters. The normalized spacial score (nSPS) is 13.4. The van der Waals surface area contributed by atoms with E-state index in [1.165, 1.54) is 17.3 Å². The Morgan fingerprint density at radius 3 is 3.18 bits per heavy atom. The summed E-state index contributed by atoms with van der Waals surface area (Å²) in [6.07, 6.45) is 5.01. The fourth-order valence-electron chi connectivity index (χ4n) is 2.11. The van der Waals surface area contributed by atoms with Crippen molar-refractivity contribution in [3.8, 4) is 11.5 Å². The molecule has 0 fully saturated rings. The van der Waals surface area contributed by atoms with Crippen molar-refractivity contribution >= 4 is 0 Å². The predicted molar refractivity (Wildman–Crippen MR) is 63.2 cm³/mol. The summed E-state index contributed by atoms with van der Waals surface area (Å²) in [5.41, 5.74) is 2.58. The molecule has 3 rings (SSSR count). The largest absolute Gasteiger partial charge is 0.505 e. The highest BCUT2D eigenvalue weighted by molar-refractivity contribution is 5.39. The fraction of sp³-hybridized carbons (Fsp3) is 0.308. The van der Waals surface area contributed by atoms with Crippen LogP contribution in [0.2, 0.25) is 0 Å². The van der Waals surface area contributed by atoms with Gasteiger partial charge in [0.2, 0.25) is 0 Å². The zero-order valence-corrected chi connectivity index (χ0v) is 9.47. The van der Waals surface area contributed by atoms with Crippen LogP contribution in [0.25, 0.3) is 0 Å². The summed E-state index contributed by atoms with van der Waals surface area (Å²) in [5, 5.41) is 13.2. The quantitative estimate of drug-likeness (QED) is 0.874. The predicted octanol–water partition coefficient (Wildman–Crippen LogP) is 1.77. The molecule has 1 aromatic heterocycles. The molecule has 0 amide bonds. The Bertz CT molecular complexity index is 534. The fourth-order valence-corrected chi connectivity index (χ4v) is 2.11. The minimum Gasteiger partial charge on any atom is -0.505 e. The van der Waals surface area contributed by atoms with Crippen molar-refractivity contribution in [2.24, 2.45) is 0 Å². The smallest absolute Gasteiger partial charge is 0.153 e. The van der Waals surface area contributed by atoms with Gasteiger partial charge in [0.1, 0.15) is 5.75 Å². The number of fused-ring (bicyclic) bond motifs is 1. The Morgan fingerprint density at radius 1 is 1.41 bits per heavy atom. The summed E-state index contributed by atoms with van der Waals surface area (Å²) >= 11 is 0. The van der Waals surface area contributed by atoms with E-state index in [2.05, 4.69) is 17.2 Å². The lowest BCUT2D eigenvalue weighted by atomic mass is 10.1. The minimum absolute atomic E-state index is 0.215. The van der Waals surface area contributed by atoms with E-state index in [0.29, 0.717) is 0 Å². The maximum Gasteiger partial charge on any atom is 0.153 e. The van der Waals surface area contributed by atoms with E-state index in [-0.39, 0.29) is 5.75 Å². The first-order valence-corrected chi connectivity index (χ1v) is 5.77. The monoisotopic (exact) mass is 230 g/mol. The van der Waals surface area contributed by atoms with E-state index in [9.17, 15) is 5.11 Å². The Kier molecular flexibility index (Phi) is 2.48. The van der Waals surface area contributed by atoms with Gasteiger partial charge in [-0.1, -0.05) is 12.1 Å². The summed E-state index contributed by atoms with van der Waals surface area (Å²) in [7, 11) is 0. The third-order valence-corrected chi connectivity index (χ3v) is 3.00.